The highest BCUT2D eigenvalue weighted by atomic mass is 28.3. The molecule has 1 aromatic carbocycles. The molecule has 0 heterocycles. The number of carbonyl (C=O) groups excluding carboxylic acids is 1. The molecule has 5 heteroatoms. The molecule has 0 saturated heterocycles. The molecule has 0 spiro atoms. The van der Waals surface area contributed by atoms with Gasteiger partial charge >= 0.3 is 6.18 Å². The Balaban J connectivity index is 2.71. The van der Waals surface area contributed by atoms with E-state index in [4.69, 9.17) is 0 Å². The summed E-state index contributed by atoms with van der Waals surface area (Å²) in [5, 5.41) is 0. The Hall–Kier alpha value is -1.10. The second-order valence-corrected chi connectivity index (χ2v) is 11.2. The summed E-state index contributed by atoms with van der Waals surface area (Å²) in [6.07, 6.45) is -3.93. The Morgan fingerprint density at radius 3 is 2.00 bits per heavy atom. The zero-order valence-electron chi connectivity index (χ0n) is 10.8. The van der Waals surface area contributed by atoms with Gasteiger partial charge in [0.15, 0.2) is 5.78 Å². The van der Waals surface area contributed by atoms with Crippen LogP contribution in [0.3, 0.4) is 0 Å². The van der Waals surface area contributed by atoms with E-state index in [0.29, 0.717) is 12.0 Å². The highest BCUT2D eigenvalue weighted by Crippen LogP contribution is 2.29. The normalized spacial score (nSPS) is 12.6. The first-order chi connectivity index (χ1) is 8.09. The number of hydrogen-bond acceptors (Lipinski definition) is 1. The molecule has 1 aromatic rings. The van der Waals surface area contributed by atoms with Gasteiger partial charge in [-0.15, -0.1) is 0 Å². The van der Waals surface area contributed by atoms with Crippen molar-refractivity contribution in [1.82, 2.24) is 0 Å². The molecule has 1 nitrogen and oxygen atoms in total. The van der Waals surface area contributed by atoms with Crippen LogP contribution in [0.1, 0.15) is 22.3 Å². The van der Waals surface area contributed by atoms with Crippen LogP contribution in [-0.2, 0) is 6.18 Å². The standard InChI is InChI=1S/C13H17F3OSi/c1-18(2,3)9-8-12(17)10-4-6-11(7-5-10)13(14,15)16/h4-7H,8-9H2,1-3H3. The van der Waals surface area contributed by atoms with E-state index in [9.17, 15) is 18.0 Å². The van der Waals surface area contributed by atoms with Gasteiger partial charge in [-0.25, -0.2) is 0 Å². The Kier molecular flexibility index (Phi) is 4.37. The second kappa shape index (κ2) is 5.26. The Bertz CT molecular complexity index is 415. The number of ketones is 1. The van der Waals surface area contributed by atoms with E-state index in [1.165, 1.54) is 12.1 Å². The van der Waals surface area contributed by atoms with Crippen molar-refractivity contribution in [2.24, 2.45) is 0 Å². The molecule has 0 amide bonds. The number of rotatable bonds is 4. The van der Waals surface area contributed by atoms with Crippen LogP contribution < -0.4 is 0 Å². The summed E-state index contributed by atoms with van der Waals surface area (Å²) in [6.45, 7) is 6.48. The van der Waals surface area contributed by atoms with Crippen molar-refractivity contribution in [3.05, 3.63) is 35.4 Å². The van der Waals surface area contributed by atoms with E-state index in [0.717, 1.165) is 18.2 Å². The highest BCUT2D eigenvalue weighted by Gasteiger charge is 2.30. The fourth-order valence-corrected chi connectivity index (χ4v) is 2.46. The second-order valence-electron chi connectivity index (χ2n) is 5.56. The highest BCUT2D eigenvalue weighted by molar-refractivity contribution is 6.76. The summed E-state index contributed by atoms with van der Waals surface area (Å²) < 4.78 is 37.0. The van der Waals surface area contributed by atoms with Gasteiger partial charge in [-0.2, -0.15) is 13.2 Å². The molecule has 100 valence electrons. The van der Waals surface area contributed by atoms with E-state index in [-0.39, 0.29) is 5.78 Å². The average molecular weight is 274 g/mol. The van der Waals surface area contributed by atoms with Gasteiger partial charge in [-0.3, -0.25) is 4.79 Å². The maximum absolute atomic E-state index is 12.3. The van der Waals surface area contributed by atoms with Gasteiger partial charge in [0.05, 0.1) is 5.56 Å². The maximum atomic E-state index is 12.3. The summed E-state index contributed by atoms with van der Waals surface area (Å²) in [5.74, 6) is -0.0776. The summed E-state index contributed by atoms with van der Waals surface area (Å²) >= 11 is 0. The van der Waals surface area contributed by atoms with Crippen molar-refractivity contribution < 1.29 is 18.0 Å². The summed E-state index contributed by atoms with van der Waals surface area (Å²) in [5.41, 5.74) is -0.356. The molecule has 0 aliphatic heterocycles. The van der Waals surface area contributed by atoms with Crippen LogP contribution in [0, 0.1) is 0 Å². The molecule has 0 fully saturated rings. The maximum Gasteiger partial charge on any atom is 0.416 e. The molecular formula is C13H17F3OSi. The first kappa shape index (κ1) is 15.0. The van der Waals surface area contributed by atoms with Crippen molar-refractivity contribution in [2.75, 3.05) is 0 Å². The van der Waals surface area contributed by atoms with E-state index in [2.05, 4.69) is 19.6 Å². The number of alkyl halides is 3. The lowest BCUT2D eigenvalue weighted by Crippen LogP contribution is -2.20. The number of benzene rings is 1. The van der Waals surface area contributed by atoms with Crippen LogP contribution in [0.25, 0.3) is 0 Å². The predicted molar refractivity (Wildman–Crippen MR) is 68.5 cm³/mol. The molecule has 0 radical (unpaired) electrons. The number of carbonyl (C=O) groups is 1. The van der Waals surface area contributed by atoms with E-state index in [1.807, 2.05) is 0 Å². The van der Waals surface area contributed by atoms with Gasteiger partial charge in [-0.1, -0.05) is 37.8 Å². The van der Waals surface area contributed by atoms with Crippen molar-refractivity contribution in [1.29, 1.82) is 0 Å². The molecule has 0 atom stereocenters. The van der Waals surface area contributed by atoms with Crippen LogP contribution in [-0.4, -0.2) is 13.9 Å². The van der Waals surface area contributed by atoms with Crippen molar-refractivity contribution in [2.45, 2.75) is 38.3 Å². The lowest BCUT2D eigenvalue weighted by atomic mass is 10.1. The van der Waals surface area contributed by atoms with Crippen LogP contribution in [0.2, 0.25) is 25.7 Å². The largest absolute Gasteiger partial charge is 0.416 e. The van der Waals surface area contributed by atoms with E-state index >= 15 is 0 Å². The lowest BCUT2D eigenvalue weighted by Gasteiger charge is -2.14. The summed E-state index contributed by atoms with van der Waals surface area (Å²) in [4.78, 5) is 11.8. The van der Waals surface area contributed by atoms with Crippen LogP contribution >= 0.6 is 0 Å². The molecule has 0 aromatic heterocycles. The molecule has 0 bridgehead atoms. The predicted octanol–water partition coefficient (Wildman–Crippen LogP) is 4.62. The first-order valence-corrected chi connectivity index (χ1v) is 9.51. The summed E-state index contributed by atoms with van der Waals surface area (Å²) in [7, 11) is -1.29. The van der Waals surface area contributed by atoms with Crippen molar-refractivity contribution in [3.63, 3.8) is 0 Å². The van der Waals surface area contributed by atoms with Gasteiger partial charge in [0.25, 0.3) is 0 Å². The minimum atomic E-state index is -4.35. The Labute approximate surface area is 106 Å². The van der Waals surface area contributed by atoms with Crippen molar-refractivity contribution in [3.8, 4) is 0 Å². The van der Waals surface area contributed by atoms with Gasteiger partial charge in [0.1, 0.15) is 0 Å². The van der Waals surface area contributed by atoms with Gasteiger partial charge in [0.2, 0.25) is 0 Å². The summed E-state index contributed by atoms with van der Waals surface area (Å²) in [6, 6.07) is 5.29. The van der Waals surface area contributed by atoms with E-state index in [1.54, 1.807) is 0 Å². The SMILES string of the molecule is C[Si](C)(C)CCC(=O)c1ccc(C(F)(F)F)cc1. The number of halogens is 3. The third-order valence-electron chi connectivity index (χ3n) is 2.64. The molecule has 1 rings (SSSR count). The van der Waals surface area contributed by atoms with Crippen LogP contribution in [0.15, 0.2) is 24.3 Å². The minimum absolute atomic E-state index is 0.0776. The first-order valence-electron chi connectivity index (χ1n) is 5.80. The fraction of sp³-hybridized carbons (Fsp3) is 0.462. The Morgan fingerprint density at radius 2 is 1.61 bits per heavy atom. The molecular weight excluding hydrogens is 257 g/mol. The zero-order valence-corrected chi connectivity index (χ0v) is 11.8. The monoisotopic (exact) mass is 274 g/mol. The average Bonchev–Trinajstić information content (AvgIpc) is 2.24. The molecule has 18 heavy (non-hydrogen) atoms. The molecule has 0 N–H and O–H groups in total. The molecule has 0 unspecified atom stereocenters. The number of hydrogen-bond donors (Lipinski definition) is 0. The Morgan fingerprint density at radius 1 is 1.11 bits per heavy atom. The van der Waals surface area contributed by atoms with E-state index < -0.39 is 19.8 Å². The van der Waals surface area contributed by atoms with Crippen LogP contribution in [0.5, 0.6) is 0 Å². The number of Topliss-reactive ketones (excluding diaryl/α,β-unsaturated/α-hetero) is 1. The van der Waals surface area contributed by atoms with Gasteiger partial charge in [-0.05, 0) is 12.1 Å². The smallest absolute Gasteiger partial charge is 0.294 e. The zero-order chi connectivity index (χ0) is 14.0. The van der Waals surface area contributed by atoms with Crippen LogP contribution in [0.4, 0.5) is 13.2 Å². The van der Waals surface area contributed by atoms with Gasteiger partial charge in [0, 0.05) is 20.1 Å². The van der Waals surface area contributed by atoms with Crippen molar-refractivity contribution >= 4 is 13.9 Å². The quantitative estimate of drug-likeness (QED) is 0.578. The molecule has 0 saturated carbocycles. The minimum Gasteiger partial charge on any atom is -0.294 e. The molecule has 0 aliphatic rings. The lowest BCUT2D eigenvalue weighted by molar-refractivity contribution is -0.137. The fourth-order valence-electron chi connectivity index (χ4n) is 1.48. The third-order valence-corrected chi connectivity index (χ3v) is 4.39. The topological polar surface area (TPSA) is 17.1 Å². The third kappa shape index (κ3) is 4.64. The van der Waals surface area contributed by atoms with Gasteiger partial charge < -0.3 is 0 Å². The molecule has 0 aliphatic carbocycles.